The number of carbonyl (C=O) groups excluding carboxylic acids is 3. The van der Waals surface area contributed by atoms with Crippen molar-refractivity contribution < 1.29 is 62.4 Å². The van der Waals surface area contributed by atoms with E-state index in [9.17, 15) is 28.8 Å². The molecule has 11 aromatic rings. The van der Waals surface area contributed by atoms with Gasteiger partial charge in [-0.3, -0.25) is 28.8 Å². The first-order chi connectivity index (χ1) is 55.5. The lowest BCUT2D eigenvalue weighted by atomic mass is 9.97. The summed E-state index contributed by atoms with van der Waals surface area (Å²) in [7, 11) is 0. The van der Waals surface area contributed by atoms with Gasteiger partial charge < -0.3 is 44.2 Å². The molecule has 0 aliphatic heterocycles. The molecule has 15 nitrogen and oxygen atoms in total. The zero-order chi connectivity index (χ0) is 79.9. The molecule has 14 rings (SSSR count). The molecule has 3 fully saturated rings. The zero-order valence-electron chi connectivity index (χ0n) is 65.9. The summed E-state index contributed by atoms with van der Waals surface area (Å²) < 4.78 is 45.1. The molecule has 0 radical (unpaired) electrons. The first-order valence-corrected chi connectivity index (χ1v) is 38.9. The van der Waals surface area contributed by atoms with Gasteiger partial charge in [0.2, 0.25) is 0 Å². The average molecular weight is 1490 g/mol. The topological polar surface area (TPSA) is 201 Å². The first kappa shape index (κ1) is 74.6. The Labute approximate surface area is 655 Å². The van der Waals surface area contributed by atoms with Gasteiger partial charge in [0, 0.05) is 90.3 Å². The second kappa shape index (κ2) is 39.5. The number of rotatable bonds is 36. The maximum Gasteiger partial charge on any atom is 0.303 e. The molecular weight excluding hydrogens is 1390 g/mol. The standard InChI is InChI=1S/2C33H33NO4.C30H33NO4/c35-32(36)15-2-1-7-22-38-31-14-6-4-10-27(31)23-34(28-20-21-28)33(37)26-18-16-25(17-19-26)30-13-8-11-24-9-3-5-12-29(24)30;35-32(36)12-2-1-7-21-38-31-11-6-5-10-29(31)23-34(30-19-20-30)33(37)26-16-13-25(14-17-26)28-18-15-24-8-3-4-9-27(24)22-28;1-22-9-4-6-11-27(22)23-14-16-24(17-15-23)30(34)31(26-18-19-26)21-25-10-5-7-12-28(25)35-20-8-2-3-13-29(32)33/h3-6,8-14,16-19,28H,1-2,7,15,20-23H2,(H,35,36);3-6,8-11,13-18,22,30H,1-2,7,12,19-21,23H2,(H,35,36);4-7,9-12,14-17,26H,2-3,8,13,18-21H2,1H3,(H,32,33)/i2*23D;21D. The summed E-state index contributed by atoms with van der Waals surface area (Å²) in [5.41, 5.74) is 11.4. The van der Waals surface area contributed by atoms with Crippen LogP contribution < -0.4 is 14.2 Å². The van der Waals surface area contributed by atoms with Crippen LogP contribution in [0.2, 0.25) is 0 Å². The molecule has 0 saturated heterocycles. The molecule has 570 valence electrons. The molecule has 3 saturated carbocycles. The van der Waals surface area contributed by atoms with Gasteiger partial charge in [-0.05, 0) is 224 Å². The van der Waals surface area contributed by atoms with Crippen molar-refractivity contribution >= 4 is 57.2 Å². The van der Waals surface area contributed by atoms with E-state index < -0.39 is 37.5 Å². The van der Waals surface area contributed by atoms with Crippen LogP contribution in [0.5, 0.6) is 17.2 Å². The number of hydrogen-bond donors (Lipinski definition) is 3. The minimum atomic E-state index is -0.883. The number of fused-ring (bicyclic) bond motifs is 2. The molecule has 111 heavy (non-hydrogen) atoms. The van der Waals surface area contributed by atoms with Gasteiger partial charge in [-0.1, -0.05) is 194 Å². The number of hydrogen-bond acceptors (Lipinski definition) is 9. The van der Waals surface area contributed by atoms with E-state index in [1.54, 1.807) is 14.7 Å². The van der Waals surface area contributed by atoms with Crippen LogP contribution in [0.4, 0.5) is 0 Å². The second-order valence-electron chi connectivity index (χ2n) is 28.6. The van der Waals surface area contributed by atoms with Crippen LogP contribution >= 0.6 is 0 Å². The normalized spacial score (nSPS) is 14.1. The summed E-state index contributed by atoms with van der Waals surface area (Å²) in [5, 5.41) is 31.1. The van der Waals surface area contributed by atoms with Gasteiger partial charge in [-0.2, -0.15) is 0 Å². The molecule has 3 N–H and O–H groups in total. The van der Waals surface area contributed by atoms with Crippen LogP contribution in [0.3, 0.4) is 0 Å². The Kier molecular flexibility index (Phi) is 26.6. The lowest BCUT2D eigenvalue weighted by molar-refractivity contribution is -0.138. The molecule has 0 bridgehead atoms. The summed E-state index contributed by atoms with van der Waals surface area (Å²) in [4.78, 5) is 78.1. The number of aliphatic carboxylic acids is 3. The Morgan fingerprint density at radius 1 is 0.333 bits per heavy atom. The monoisotopic (exact) mass is 1490 g/mol. The fraction of sp³-hybridized carbons (Fsp3) is 0.292. The molecule has 0 aromatic heterocycles. The van der Waals surface area contributed by atoms with E-state index in [1.165, 1.54) is 27.1 Å². The molecule has 11 aromatic carbocycles. The highest BCUT2D eigenvalue weighted by molar-refractivity contribution is 5.99. The van der Waals surface area contributed by atoms with Crippen molar-refractivity contribution in [2.45, 2.75) is 160 Å². The average Bonchev–Trinajstić information content (AvgIpc) is 1.55. The fourth-order valence-corrected chi connectivity index (χ4v) is 13.4. The summed E-state index contributed by atoms with van der Waals surface area (Å²) in [6.07, 6.45) is 12.2. The van der Waals surface area contributed by atoms with Crippen molar-refractivity contribution in [3.8, 4) is 50.6 Å². The number of unbranched alkanes of at least 4 members (excludes halogenated alkanes) is 6. The van der Waals surface area contributed by atoms with Crippen molar-refractivity contribution in [1.82, 2.24) is 14.7 Å². The van der Waals surface area contributed by atoms with Crippen molar-refractivity contribution in [3.63, 3.8) is 0 Å². The predicted octanol–water partition coefficient (Wildman–Crippen LogP) is 21.2. The number of benzene rings is 11. The minimum absolute atomic E-state index is 0.0434. The Balaban J connectivity index is 0.000000158. The maximum atomic E-state index is 13.7. The third-order valence-corrected chi connectivity index (χ3v) is 20.0. The van der Waals surface area contributed by atoms with Crippen LogP contribution in [0.15, 0.2) is 255 Å². The van der Waals surface area contributed by atoms with E-state index in [1.807, 2.05) is 188 Å². The highest BCUT2D eigenvalue weighted by Crippen LogP contribution is 2.37. The summed E-state index contributed by atoms with van der Waals surface area (Å²) in [5.74, 6) is -0.995. The number of amides is 3. The van der Waals surface area contributed by atoms with E-state index >= 15 is 0 Å². The Hall–Kier alpha value is -11.8. The molecule has 3 amide bonds. The third kappa shape index (κ3) is 22.9. The van der Waals surface area contributed by atoms with E-state index in [4.69, 9.17) is 33.6 Å². The summed E-state index contributed by atoms with van der Waals surface area (Å²) in [6, 6.07) is 82.7. The van der Waals surface area contributed by atoms with Gasteiger partial charge in [0.1, 0.15) is 17.2 Å². The largest absolute Gasteiger partial charge is 0.493 e. The van der Waals surface area contributed by atoms with E-state index in [0.717, 1.165) is 110 Å². The molecule has 3 atom stereocenters. The number of carboxylic acid groups (broad SMARTS) is 3. The van der Waals surface area contributed by atoms with Crippen LogP contribution in [0.25, 0.3) is 54.9 Å². The quantitative estimate of drug-likeness (QED) is 0.0314. The molecule has 3 unspecified atom stereocenters. The number of nitrogens with zero attached hydrogens (tertiary/aromatic N) is 3. The van der Waals surface area contributed by atoms with Gasteiger partial charge in [-0.25, -0.2) is 0 Å². The van der Waals surface area contributed by atoms with Gasteiger partial charge >= 0.3 is 17.9 Å². The van der Waals surface area contributed by atoms with E-state index in [0.29, 0.717) is 89.7 Å². The SMILES string of the molecule is [2H]C(c1ccccc1OCCCCCC(=O)O)N(C(=O)c1ccc(-c2ccc3ccccc3c2)cc1)C1CC1.[2H]C(c1ccccc1OCCCCCC(=O)O)N(C(=O)c1ccc(-c2cccc3ccccc23)cc1)C1CC1.[2H]C(c1ccccc1OCCCCCC(=O)O)N(C(=O)c1ccc(-c2ccccc2C)cc1)C1CC1. The summed E-state index contributed by atoms with van der Waals surface area (Å²) in [6.45, 7) is 0.765. The predicted molar refractivity (Wildman–Crippen MR) is 438 cm³/mol. The maximum absolute atomic E-state index is 13.7. The van der Waals surface area contributed by atoms with Crippen molar-refractivity contribution in [1.29, 1.82) is 0 Å². The Morgan fingerprint density at radius 3 is 1.08 bits per heavy atom. The number of ether oxygens (including phenoxy) is 3. The smallest absolute Gasteiger partial charge is 0.303 e. The number of para-hydroxylation sites is 3. The molecule has 3 aliphatic rings. The van der Waals surface area contributed by atoms with Crippen LogP contribution in [0.1, 0.15) is 173 Å². The third-order valence-electron chi connectivity index (χ3n) is 20.0. The Morgan fingerprint density at radius 2 is 0.667 bits per heavy atom. The van der Waals surface area contributed by atoms with Crippen LogP contribution in [0, 0.1) is 6.92 Å². The van der Waals surface area contributed by atoms with Crippen molar-refractivity contribution in [2.24, 2.45) is 0 Å². The molecule has 3 aliphatic carbocycles. The fourth-order valence-electron chi connectivity index (χ4n) is 13.4. The van der Waals surface area contributed by atoms with Crippen molar-refractivity contribution in [3.05, 3.63) is 294 Å². The molecule has 15 heteroatoms. The Bertz CT molecular complexity index is 5070. The zero-order valence-corrected chi connectivity index (χ0v) is 62.9. The van der Waals surface area contributed by atoms with Gasteiger partial charge in [0.05, 0.1) is 23.9 Å². The van der Waals surface area contributed by atoms with Crippen LogP contribution in [-0.4, -0.2) is 104 Å². The highest BCUT2D eigenvalue weighted by atomic mass is 16.5. The number of aryl methyl sites for hydroxylation is 1. The first-order valence-electron chi connectivity index (χ1n) is 40.6. The second-order valence-corrected chi connectivity index (χ2v) is 28.6. The lowest BCUT2D eigenvalue weighted by Gasteiger charge is -2.24. The van der Waals surface area contributed by atoms with Gasteiger partial charge in [-0.15, -0.1) is 0 Å². The van der Waals surface area contributed by atoms with Gasteiger partial charge in [0.25, 0.3) is 17.7 Å². The molecule has 0 heterocycles. The summed E-state index contributed by atoms with van der Waals surface area (Å²) >= 11 is 0. The molecular formula is C96H99N3O12. The number of carbonyl (C=O) groups is 6. The minimum Gasteiger partial charge on any atom is -0.493 e. The van der Waals surface area contributed by atoms with E-state index in [2.05, 4.69) is 73.7 Å². The lowest BCUT2D eigenvalue weighted by Crippen LogP contribution is -2.32. The number of carboxylic acids is 3. The van der Waals surface area contributed by atoms with Crippen LogP contribution in [-0.2, 0) is 33.9 Å². The molecule has 0 spiro atoms. The van der Waals surface area contributed by atoms with Crippen molar-refractivity contribution in [2.75, 3.05) is 19.8 Å². The highest BCUT2D eigenvalue weighted by Gasteiger charge is 2.36. The van der Waals surface area contributed by atoms with Gasteiger partial charge in [0.15, 0.2) is 0 Å². The van der Waals surface area contributed by atoms with E-state index in [-0.39, 0.29) is 55.1 Å².